The number of hydrogen-bond donors (Lipinski definition) is 3. The van der Waals surface area contributed by atoms with Crippen LogP contribution in [0.4, 0.5) is 31.1 Å². The summed E-state index contributed by atoms with van der Waals surface area (Å²) >= 11 is 0. The van der Waals surface area contributed by atoms with E-state index in [2.05, 4.69) is 5.32 Å². The lowest BCUT2D eigenvalue weighted by Crippen LogP contribution is -2.47. The van der Waals surface area contributed by atoms with Crippen LogP contribution in [0.3, 0.4) is 0 Å². The van der Waals surface area contributed by atoms with Crippen molar-refractivity contribution in [1.82, 2.24) is 14.6 Å². The number of ether oxygens (including phenoxy) is 2. The fraction of sp³-hybridized carbons (Fsp3) is 0.306. The first-order valence-corrected chi connectivity index (χ1v) is 17.7. The largest absolute Gasteiger partial charge is 0.494 e. The average Bonchev–Trinajstić information content (AvgIpc) is 3.72. The highest BCUT2D eigenvalue weighted by molar-refractivity contribution is 7.90. The molecule has 4 aromatic carbocycles. The molecular weight excluding hydrogens is 716 g/mol. The molecule has 0 atom stereocenters. The van der Waals surface area contributed by atoms with Gasteiger partial charge in [0.1, 0.15) is 16.4 Å². The van der Waals surface area contributed by atoms with Crippen molar-refractivity contribution < 1.29 is 54.1 Å². The van der Waals surface area contributed by atoms with E-state index in [0.717, 1.165) is 10.8 Å². The summed E-state index contributed by atoms with van der Waals surface area (Å²) in [5.41, 5.74) is -3.12. The van der Waals surface area contributed by atoms with E-state index in [-0.39, 0.29) is 24.4 Å². The lowest BCUT2D eigenvalue weighted by atomic mass is 10.0. The molecule has 1 saturated carbocycles. The van der Waals surface area contributed by atoms with Crippen LogP contribution >= 0.6 is 0 Å². The van der Waals surface area contributed by atoms with Gasteiger partial charge in [-0.1, -0.05) is 42.5 Å². The van der Waals surface area contributed by atoms with Gasteiger partial charge in [0.05, 0.1) is 40.8 Å². The van der Waals surface area contributed by atoms with Crippen molar-refractivity contribution in [2.24, 2.45) is 0 Å². The fourth-order valence-corrected chi connectivity index (χ4v) is 7.87. The summed E-state index contributed by atoms with van der Waals surface area (Å²) in [6, 6.07) is 12.2. The lowest BCUT2D eigenvalue weighted by Gasteiger charge is -2.21. The zero-order valence-corrected chi connectivity index (χ0v) is 28.8. The van der Waals surface area contributed by atoms with Gasteiger partial charge in [0, 0.05) is 22.5 Å². The Hall–Kier alpha value is -5.12. The van der Waals surface area contributed by atoms with Gasteiger partial charge in [0.2, 0.25) is 5.88 Å². The molecule has 0 bridgehead atoms. The van der Waals surface area contributed by atoms with Crippen LogP contribution in [0.1, 0.15) is 48.9 Å². The number of rotatable bonds is 10. The van der Waals surface area contributed by atoms with E-state index in [4.69, 9.17) is 9.47 Å². The monoisotopic (exact) mass is 749 g/mol. The SMILES string of the molecule is CCOc1c2ccccc2c(OCC)c2c(O)n(-c3ccc(CC4(NC(=O)NS(=O)(=O)c5c(C(F)(F)F)cccc5C(F)(F)F)CC4)cc3C)cc12. The molecule has 0 spiro atoms. The van der Waals surface area contributed by atoms with Gasteiger partial charge in [-0.2, -0.15) is 26.3 Å². The number of aromatic nitrogens is 1. The highest BCUT2D eigenvalue weighted by Gasteiger charge is 2.47. The first-order valence-electron chi connectivity index (χ1n) is 16.2. The Morgan fingerprint density at radius 1 is 0.865 bits per heavy atom. The molecule has 1 aliphatic rings. The molecule has 1 heterocycles. The molecule has 9 nitrogen and oxygen atoms in total. The second kappa shape index (κ2) is 13.1. The standard InChI is InChI=1S/C36H33F6N3O6S/c1-4-50-29-22-9-6-7-10-23(22)30(51-5-2)28-24(29)19-45(32(28)46)27-14-13-21(17-20(27)3)18-34(15-16-34)43-33(47)44-52(48,49)31-25(35(37,38)39)11-8-12-26(31)36(40,41)42/h6-14,17,19,46H,4-5,15-16,18H2,1-3H3,(H2,43,44,47). The number of fused-ring (bicyclic) bond motifs is 2. The van der Waals surface area contributed by atoms with Gasteiger partial charge in [-0.15, -0.1) is 0 Å². The Kier molecular flexibility index (Phi) is 9.26. The third-order valence-corrected chi connectivity index (χ3v) is 10.3. The van der Waals surface area contributed by atoms with Crippen LogP contribution in [0, 0.1) is 6.92 Å². The number of urea groups is 1. The van der Waals surface area contributed by atoms with E-state index >= 15 is 0 Å². The van der Waals surface area contributed by atoms with Crippen LogP contribution in [-0.2, 0) is 28.8 Å². The van der Waals surface area contributed by atoms with Crippen molar-refractivity contribution in [3.8, 4) is 23.1 Å². The summed E-state index contributed by atoms with van der Waals surface area (Å²) in [5.74, 6) is 0.999. The number of halogens is 6. The predicted molar refractivity (Wildman–Crippen MR) is 180 cm³/mol. The molecular formula is C36H33F6N3O6S. The minimum Gasteiger partial charge on any atom is -0.494 e. The van der Waals surface area contributed by atoms with Gasteiger partial charge in [-0.05, 0) is 69.4 Å². The maximum Gasteiger partial charge on any atom is 0.417 e. The number of hydrogen-bond acceptors (Lipinski definition) is 6. The molecule has 5 aromatic rings. The number of nitrogens with zero attached hydrogens (tertiary/aromatic N) is 1. The van der Waals surface area contributed by atoms with Crippen LogP contribution in [0.5, 0.6) is 17.4 Å². The van der Waals surface area contributed by atoms with Gasteiger partial charge in [-0.3, -0.25) is 4.57 Å². The molecule has 276 valence electrons. The van der Waals surface area contributed by atoms with E-state index in [0.29, 0.717) is 71.2 Å². The van der Waals surface area contributed by atoms with Crippen LogP contribution < -0.4 is 19.5 Å². The summed E-state index contributed by atoms with van der Waals surface area (Å²) < 4.78 is 123. The molecule has 0 unspecified atom stereocenters. The minimum atomic E-state index is -5.64. The molecule has 1 aliphatic carbocycles. The van der Waals surface area contributed by atoms with Gasteiger partial charge < -0.3 is 19.9 Å². The van der Waals surface area contributed by atoms with Crippen LogP contribution in [0.25, 0.3) is 27.2 Å². The van der Waals surface area contributed by atoms with Crippen LogP contribution in [0.15, 0.2) is 71.8 Å². The Bertz CT molecular complexity index is 2280. The number of sulfonamides is 1. The predicted octanol–water partition coefficient (Wildman–Crippen LogP) is 8.40. The summed E-state index contributed by atoms with van der Waals surface area (Å²) in [4.78, 5) is 10.8. The smallest absolute Gasteiger partial charge is 0.417 e. The van der Waals surface area contributed by atoms with Crippen molar-refractivity contribution >= 4 is 37.6 Å². The average molecular weight is 750 g/mol. The quantitative estimate of drug-likeness (QED) is 0.124. The minimum absolute atomic E-state index is 0.0833. The number of aromatic hydroxyl groups is 1. The number of carbonyl (C=O) groups excluding carboxylic acids is 1. The number of nitrogens with one attached hydrogen (secondary N) is 2. The molecule has 3 N–H and O–H groups in total. The third kappa shape index (κ3) is 6.78. The highest BCUT2D eigenvalue weighted by atomic mass is 32.2. The van der Waals surface area contributed by atoms with Crippen LogP contribution in [0.2, 0.25) is 0 Å². The number of benzene rings is 4. The highest BCUT2D eigenvalue weighted by Crippen LogP contribution is 2.48. The molecule has 1 fully saturated rings. The van der Waals surface area contributed by atoms with Gasteiger partial charge in [-0.25, -0.2) is 17.9 Å². The lowest BCUT2D eigenvalue weighted by molar-refractivity contribution is -0.147. The van der Waals surface area contributed by atoms with Gasteiger partial charge in [0.15, 0.2) is 0 Å². The second-order valence-electron chi connectivity index (χ2n) is 12.5. The van der Waals surface area contributed by atoms with E-state index in [1.54, 1.807) is 35.9 Å². The number of alkyl halides is 6. The Balaban J connectivity index is 1.27. The van der Waals surface area contributed by atoms with E-state index in [1.807, 2.05) is 38.1 Å². The molecule has 1 aromatic heterocycles. The molecule has 6 rings (SSSR count). The summed E-state index contributed by atoms with van der Waals surface area (Å²) in [6.45, 7) is 6.23. The summed E-state index contributed by atoms with van der Waals surface area (Å²) in [6.07, 6.45) is -8.26. The zero-order chi connectivity index (χ0) is 37.8. The van der Waals surface area contributed by atoms with Crippen molar-refractivity contribution in [2.45, 2.75) is 62.8 Å². The van der Waals surface area contributed by atoms with Crippen molar-refractivity contribution in [3.63, 3.8) is 0 Å². The van der Waals surface area contributed by atoms with Crippen LogP contribution in [-0.4, -0.2) is 42.9 Å². The summed E-state index contributed by atoms with van der Waals surface area (Å²) in [7, 11) is -5.64. The van der Waals surface area contributed by atoms with Crippen molar-refractivity contribution in [1.29, 1.82) is 0 Å². The van der Waals surface area contributed by atoms with E-state index in [1.165, 1.54) is 4.72 Å². The first-order chi connectivity index (χ1) is 24.4. The third-order valence-electron chi connectivity index (χ3n) is 8.86. The Morgan fingerprint density at radius 2 is 1.44 bits per heavy atom. The fourth-order valence-electron chi connectivity index (χ4n) is 6.53. The van der Waals surface area contributed by atoms with Gasteiger partial charge >= 0.3 is 18.4 Å². The van der Waals surface area contributed by atoms with Crippen molar-refractivity contribution in [2.75, 3.05) is 13.2 Å². The zero-order valence-electron chi connectivity index (χ0n) is 28.0. The van der Waals surface area contributed by atoms with Gasteiger partial charge in [0.25, 0.3) is 10.0 Å². The first kappa shape index (κ1) is 36.7. The van der Waals surface area contributed by atoms with E-state index in [9.17, 15) is 44.7 Å². The van der Waals surface area contributed by atoms with Crippen molar-refractivity contribution in [3.05, 3.63) is 89.1 Å². The number of aryl methyl sites for hydroxylation is 1. The normalized spacial score (nSPS) is 14.4. The molecule has 0 saturated heterocycles. The molecule has 16 heteroatoms. The molecule has 52 heavy (non-hydrogen) atoms. The molecule has 2 amide bonds. The number of amides is 2. The van der Waals surface area contributed by atoms with E-state index < -0.39 is 50.0 Å². The molecule has 0 radical (unpaired) electrons. The maximum absolute atomic E-state index is 13.6. The Labute approximate surface area is 294 Å². The maximum atomic E-state index is 13.6. The Morgan fingerprint density at radius 3 is 1.98 bits per heavy atom. The second-order valence-corrected chi connectivity index (χ2v) is 14.1. The number of carbonyl (C=O) groups is 1. The topological polar surface area (TPSA) is 119 Å². The summed E-state index contributed by atoms with van der Waals surface area (Å²) in [5, 5.41) is 16.7. The molecule has 0 aliphatic heterocycles.